The molecule has 0 aromatic rings. The highest BCUT2D eigenvalue weighted by Crippen LogP contribution is 2.17. The van der Waals surface area contributed by atoms with Crippen LogP contribution in [0.4, 0.5) is 0 Å². The lowest BCUT2D eigenvalue weighted by Crippen LogP contribution is -2.47. The molecule has 0 aliphatic carbocycles. The average molecular weight is 145 g/mol. The van der Waals surface area contributed by atoms with E-state index in [0.717, 1.165) is 6.42 Å². The summed E-state index contributed by atoms with van der Waals surface area (Å²) in [5.41, 5.74) is -0.167. The summed E-state index contributed by atoms with van der Waals surface area (Å²) in [6.07, 6.45) is 1.00. The SMILES string of the molecule is CCC1(CO)COC(C)N1. The summed E-state index contributed by atoms with van der Waals surface area (Å²) in [5, 5.41) is 12.2. The Bertz CT molecular complexity index is 112. The van der Waals surface area contributed by atoms with Crippen LogP contribution in [0.15, 0.2) is 0 Å². The van der Waals surface area contributed by atoms with Crippen molar-refractivity contribution in [2.75, 3.05) is 13.2 Å². The van der Waals surface area contributed by atoms with E-state index in [1.54, 1.807) is 0 Å². The lowest BCUT2D eigenvalue weighted by atomic mass is 10.00. The van der Waals surface area contributed by atoms with E-state index < -0.39 is 0 Å². The van der Waals surface area contributed by atoms with Crippen LogP contribution >= 0.6 is 0 Å². The minimum absolute atomic E-state index is 0.0899. The van der Waals surface area contributed by atoms with Gasteiger partial charge < -0.3 is 9.84 Å². The zero-order chi connectivity index (χ0) is 7.61. The maximum absolute atomic E-state index is 8.99. The van der Waals surface area contributed by atoms with Crippen LogP contribution in [0.3, 0.4) is 0 Å². The Morgan fingerprint density at radius 1 is 1.80 bits per heavy atom. The molecule has 1 heterocycles. The summed E-state index contributed by atoms with van der Waals surface area (Å²) in [5.74, 6) is 0. The van der Waals surface area contributed by atoms with Crippen LogP contribution in [-0.4, -0.2) is 30.1 Å². The van der Waals surface area contributed by atoms with E-state index in [1.807, 2.05) is 13.8 Å². The van der Waals surface area contributed by atoms with Gasteiger partial charge in [-0.05, 0) is 13.3 Å². The van der Waals surface area contributed by atoms with Gasteiger partial charge in [0.25, 0.3) is 0 Å². The van der Waals surface area contributed by atoms with Gasteiger partial charge in [-0.3, -0.25) is 5.32 Å². The summed E-state index contributed by atoms with van der Waals surface area (Å²) in [7, 11) is 0. The second-order valence-corrected chi connectivity index (χ2v) is 2.89. The highest BCUT2D eigenvalue weighted by atomic mass is 16.5. The molecule has 0 bridgehead atoms. The monoisotopic (exact) mass is 145 g/mol. The molecule has 0 radical (unpaired) electrons. The zero-order valence-electron chi connectivity index (χ0n) is 6.55. The third-order valence-corrected chi connectivity index (χ3v) is 2.10. The second kappa shape index (κ2) is 2.86. The highest BCUT2D eigenvalue weighted by Gasteiger charge is 2.35. The molecule has 10 heavy (non-hydrogen) atoms. The standard InChI is InChI=1S/C7H15NO2/c1-3-7(4-9)5-10-6(2)8-7/h6,8-9H,3-5H2,1-2H3. The normalized spacial score (nSPS) is 40.5. The molecule has 2 atom stereocenters. The first-order chi connectivity index (χ1) is 4.72. The first-order valence-electron chi connectivity index (χ1n) is 3.72. The Morgan fingerprint density at radius 3 is 2.70 bits per heavy atom. The predicted octanol–water partition coefficient (Wildman–Crippen LogP) is 0.0933. The zero-order valence-corrected chi connectivity index (χ0v) is 6.55. The van der Waals surface area contributed by atoms with Gasteiger partial charge >= 0.3 is 0 Å². The molecule has 3 nitrogen and oxygen atoms in total. The number of aliphatic hydroxyl groups excluding tert-OH is 1. The molecule has 3 heteroatoms. The molecule has 1 fully saturated rings. The van der Waals surface area contributed by atoms with Crippen molar-refractivity contribution in [2.45, 2.75) is 32.0 Å². The minimum Gasteiger partial charge on any atom is -0.394 e. The molecule has 1 aliphatic heterocycles. The van der Waals surface area contributed by atoms with Crippen LogP contribution < -0.4 is 5.32 Å². The fourth-order valence-corrected chi connectivity index (χ4v) is 1.21. The molecule has 1 rings (SSSR count). The van der Waals surface area contributed by atoms with E-state index in [1.165, 1.54) is 0 Å². The van der Waals surface area contributed by atoms with Crippen molar-refractivity contribution >= 4 is 0 Å². The second-order valence-electron chi connectivity index (χ2n) is 2.89. The summed E-state index contributed by atoms with van der Waals surface area (Å²) in [6.45, 7) is 4.78. The van der Waals surface area contributed by atoms with Crippen molar-refractivity contribution < 1.29 is 9.84 Å². The molecule has 0 saturated carbocycles. The number of nitrogens with one attached hydrogen (secondary N) is 1. The molecule has 0 aromatic carbocycles. The molecule has 0 amide bonds. The molecule has 1 saturated heterocycles. The summed E-state index contributed by atoms with van der Waals surface area (Å²) < 4.78 is 5.28. The number of rotatable bonds is 2. The van der Waals surface area contributed by atoms with Crippen LogP contribution in [0.5, 0.6) is 0 Å². The van der Waals surface area contributed by atoms with Crippen molar-refractivity contribution in [1.82, 2.24) is 5.32 Å². The number of ether oxygens (including phenoxy) is 1. The van der Waals surface area contributed by atoms with Crippen molar-refractivity contribution in [3.05, 3.63) is 0 Å². The number of aliphatic hydroxyl groups is 1. The summed E-state index contributed by atoms with van der Waals surface area (Å²) in [6, 6.07) is 0. The molecule has 2 unspecified atom stereocenters. The van der Waals surface area contributed by atoms with Crippen LogP contribution in [0, 0.1) is 0 Å². The van der Waals surface area contributed by atoms with Gasteiger partial charge in [0, 0.05) is 0 Å². The van der Waals surface area contributed by atoms with E-state index in [9.17, 15) is 0 Å². The van der Waals surface area contributed by atoms with E-state index in [-0.39, 0.29) is 18.4 Å². The Balaban J connectivity index is 2.51. The van der Waals surface area contributed by atoms with E-state index in [4.69, 9.17) is 9.84 Å². The first-order valence-corrected chi connectivity index (χ1v) is 3.72. The maximum Gasteiger partial charge on any atom is 0.105 e. The minimum atomic E-state index is -0.167. The largest absolute Gasteiger partial charge is 0.394 e. The molecular weight excluding hydrogens is 130 g/mol. The number of hydrogen-bond acceptors (Lipinski definition) is 3. The topological polar surface area (TPSA) is 41.5 Å². The van der Waals surface area contributed by atoms with Gasteiger partial charge in [-0.25, -0.2) is 0 Å². The number of hydrogen-bond donors (Lipinski definition) is 2. The Kier molecular flexibility index (Phi) is 2.28. The smallest absolute Gasteiger partial charge is 0.105 e. The molecule has 1 aliphatic rings. The van der Waals surface area contributed by atoms with Crippen LogP contribution in [0.1, 0.15) is 20.3 Å². The van der Waals surface area contributed by atoms with Crippen molar-refractivity contribution in [3.8, 4) is 0 Å². The third kappa shape index (κ3) is 1.31. The van der Waals surface area contributed by atoms with Gasteiger partial charge in [0.2, 0.25) is 0 Å². The molecule has 0 spiro atoms. The lowest BCUT2D eigenvalue weighted by molar-refractivity contribution is 0.102. The van der Waals surface area contributed by atoms with Gasteiger partial charge in [-0.2, -0.15) is 0 Å². The fourth-order valence-electron chi connectivity index (χ4n) is 1.21. The molecule has 0 aromatic heterocycles. The summed E-state index contributed by atoms with van der Waals surface area (Å²) in [4.78, 5) is 0. The van der Waals surface area contributed by atoms with Gasteiger partial charge in [-0.1, -0.05) is 6.92 Å². The van der Waals surface area contributed by atoms with Crippen LogP contribution in [0.2, 0.25) is 0 Å². The van der Waals surface area contributed by atoms with Crippen LogP contribution in [-0.2, 0) is 4.74 Å². The first kappa shape index (κ1) is 7.98. The van der Waals surface area contributed by atoms with Gasteiger partial charge in [-0.15, -0.1) is 0 Å². The summed E-state index contributed by atoms with van der Waals surface area (Å²) >= 11 is 0. The van der Waals surface area contributed by atoms with Crippen molar-refractivity contribution in [2.24, 2.45) is 0 Å². The fraction of sp³-hybridized carbons (Fsp3) is 1.00. The lowest BCUT2D eigenvalue weighted by Gasteiger charge is -2.23. The van der Waals surface area contributed by atoms with E-state index in [0.29, 0.717) is 6.61 Å². The van der Waals surface area contributed by atoms with Gasteiger partial charge in [0.05, 0.1) is 18.8 Å². The molecule has 60 valence electrons. The Morgan fingerprint density at radius 2 is 2.50 bits per heavy atom. The van der Waals surface area contributed by atoms with Crippen molar-refractivity contribution in [3.63, 3.8) is 0 Å². The Hall–Kier alpha value is -0.120. The molecular formula is C7H15NO2. The third-order valence-electron chi connectivity index (χ3n) is 2.10. The van der Waals surface area contributed by atoms with Gasteiger partial charge in [0.1, 0.15) is 6.23 Å². The van der Waals surface area contributed by atoms with Crippen LogP contribution in [0.25, 0.3) is 0 Å². The van der Waals surface area contributed by atoms with E-state index >= 15 is 0 Å². The maximum atomic E-state index is 8.99. The quantitative estimate of drug-likeness (QED) is 0.578. The van der Waals surface area contributed by atoms with E-state index in [2.05, 4.69) is 5.32 Å². The van der Waals surface area contributed by atoms with Gasteiger partial charge in [0.15, 0.2) is 0 Å². The predicted molar refractivity (Wildman–Crippen MR) is 38.7 cm³/mol. The Labute approximate surface area is 61.4 Å². The van der Waals surface area contributed by atoms with Crippen molar-refractivity contribution in [1.29, 1.82) is 0 Å². The highest BCUT2D eigenvalue weighted by molar-refractivity contribution is 4.90. The molecule has 2 N–H and O–H groups in total. The average Bonchev–Trinajstić information content (AvgIpc) is 2.33.